The lowest BCUT2D eigenvalue weighted by atomic mass is 10.1. The van der Waals surface area contributed by atoms with Gasteiger partial charge in [0.2, 0.25) is 11.8 Å². The predicted molar refractivity (Wildman–Crippen MR) is 121 cm³/mol. The monoisotopic (exact) mass is 436 g/mol. The van der Waals surface area contributed by atoms with Crippen molar-refractivity contribution in [3.63, 3.8) is 0 Å². The minimum Gasteiger partial charge on any atom is -0.497 e. The number of nitrogens with zero attached hydrogens (tertiary/aromatic N) is 2. The number of fused-ring (bicyclic) bond motifs is 1. The van der Waals surface area contributed by atoms with Crippen molar-refractivity contribution in [3.8, 4) is 11.5 Å². The molecule has 1 aliphatic rings. The second-order valence-electron chi connectivity index (χ2n) is 7.91. The van der Waals surface area contributed by atoms with Crippen molar-refractivity contribution in [1.29, 1.82) is 0 Å². The van der Waals surface area contributed by atoms with Crippen LogP contribution in [0.4, 0.5) is 0 Å². The number of carbonyl (C=O) groups excluding carboxylic acids is 2. The summed E-state index contributed by atoms with van der Waals surface area (Å²) >= 11 is 0. The molecular formula is C25H28N2O5. The van der Waals surface area contributed by atoms with E-state index in [1.54, 1.807) is 20.5 Å². The highest BCUT2D eigenvalue weighted by Crippen LogP contribution is 2.26. The van der Waals surface area contributed by atoms with E-state index < -0.39 is 0 Å². The Balaban J connectivity index is 1.26. The maximum atomic E-state index is 12.8. The molecule has 0 atom stereocenters. The van der Waals surface area contributed by atoms with Gasteiger partial charge in [0.25, 0.3) is 0 Å². The van der Waals surface area contributed by atoms with Crippen LogP contribution in [-0.2, 0) is 22.4 Å². The highest BCUT2D eigenvalue weighted by Gasteiger charge is 2.24. The Kier molecular flexibility index (Phi) is 6.63. The van der Waals surface area contributed by atoms with Gasteiger partial charge in [-0.2, -0.15) is 0 Å². The summed E-state index contributed by atoms with van der Waals surface area (Å²) in [6.45, 7) is 2.24. The van der Waals surface area contributed by atoms with Crippen LogP contribution in [0, 0.1) is 0 Å². The van der Waals surface area contributed by atoms with E-state index in [4.69, 9.17) is 13.9 Å². The van der Waals surface area contributed by atoms with Crippen LogP contribution < -0.4 is 9.47 Å². The fourth-order valence-electron chi connectivity index (χ4n) is 4.01. The Hall–Kier alpha value is -3.48. The highest BCUT2D eigenvalue weighted by atomic mass is 16.5. The quantitative estimate of drug-likeness (QED) is 0.568. The molecule has 2 amide bonds. The number of piperazine rings is 1. The second kappa shape index (κ2) is 9.77. The van der Waals surface area contributed by atoms with Gasteiger partial charge in [0, 0.05) is 49.6 Å². The van der Waals surface area contributed by atoms with Gasteiger partial charge in [0.15, 0.2) is 0 Å². The fourth-order valence-corrected chi connectivity index (χ4v) is 4.01. The molecule has 0 radical (unpaired) electrons. The van der Waals surface area contributed by atoms with Gasteiger partial charge in [-0.3, -0.25) is 9.59 Å². The van der Waals surface area contributed by atoms with E-state index >= 15 is 0 Å². The molecule has 3 aromatic rings. The number of aryl methyl sites for hydroxylation is 1. The lowest BCUT2D eigenvalue weighted by Gasteiger charge is -2.35. The van der Waals surface area contributed by atoms with Gasteiger partial charge in [-0.1, -0.05) is 12.1 Å². The summed E-state index contributed by atoms with van der Waals surface area (Å²) < 4.78 is 16.0. The summed E-state index contributed by atoms with van der Waals surface area (Å²) in [4.78, 5) is 29.1. The van der Waals surface area contributed by atoms with Gasteiger partial charge >= 0.3 is 0 Å². The first-order valence-electron chi connectivity index (χ1n) is 10.8. The zero-order valence-corrected chi connectivity index (χ0v) is 18.5. The van der Waals surface area contributed by atoms with Crippen LogP contribution in [0.3, 0.4) is 0 Å². The Labute approximate surface area is 187 Å². The number of hydrogen-bond acceptors (Lipinski definition) is 5. The SMILES string of the molecule is COc1ccc(CCC(=O)N2CCN(C(=O)Cc3coc4cc(OC)ccc34)CC2)cc1. The van der Waals surface area contributed by atoms with Crippen molar-refractivity contribution >= 4 is 22.8 Å². The van der Waals surface area contributed by atoms with E-state index in [1.807, 2.05) is 52.3 Å². The van der Waals surface area contributed by atoms with E-state index in [2.05, 4.69) is 0 Å². The van der Waals surface area contributed by atoms with Gasteiger partial charge in [-0.05, 0) is 36.2 Å². The first kappa shape index (κ1) is 21.7. The summed E-state index contributed by atoms with van der Waals surface area (Å²) in [5.74, 6) is 1.71. The Morgan fingerprint density at radius 1 is 0.875 bits per heavy atom. The zero-order chi connectivity index (χ0) is 22.5. The second-order valence-corrected chi connectivity index (χ2v) is 7.91. The molecule has 0 N–H and O–H groups in total. The van der Waals surface area contributed by atoms with Gasteiger partial charge in [-0.15, -0.1) is 0 Å². The largest absolute Gasteiger partial charge is 0.497 e. The molecule has 7 nitrogen and oxygen atoms in total. The van der Waals surface area contributed by atoms with Crippen molar-refractivity contribution in [2.24, 2.45) is 0 Å². The molecule has 1 fully saturated rings. The molecule has 2 aromatic carbocycles. The van der Waals surface area contributed by atoms with Crippen LogP contribution in [0.1, 0.15) is 17.5 Å². The summed E-state index contributed by atoms with van der Waals surface area (Å²) in [6, 6.07) is 13.4. The minimum atomic E-state index is 0.0499. The van der Waals surface area contributed by atoms with E-state index in [0.29, 0.717) is 44.6 Å². The van der Waals surface area contributed by atoms with Gasteiger partial charge in [0.1, 0.15) is 17.1 Å². The van der Waals surface area contributed by atoms with Crippen molar-refractivity contribution < 1.29 is 23.5 Å². The van der Waals surface area contributed by atoms with Crippen LogP contribution in [0.2, 0.25) is 0 Å². The molecule has 32 heavy (non-hydrogen) atoms. The maximum absolute atomic E-state index is 12.8. The number of ether oxygens (including phenoxy) is 2. The molecule has 1 aliphatic heterocycles. The third kappa shape index (κ3) is 4.88. The van der Waals surface area contributed by atoms with E-state index in [0.717, 1.165) is 28.0 Å². The number of methoxy groups -OCH3 is 2. The number of benzene rings is 2. The Bertz CT molecular complexity index is 1080. The summed E-state index contributed by atoms with van der Waals surface area (Å²) in [6.07, 6.45) is 3.08. The van der Waals surface area contributed by atoms with E-state index in [-0.39, 0.29) is 18.2 Å². The Morgan fingerprint density at radius 3 is 2.16 bits per heavy atom. The number of rotatable bonds is 7. The van der Waals surface area contributed by atoms with Gasteiger partial charge in [0.05, 0.1) is 26.9 Å². The van der Waals surface area contributed by atoms with Gasteiger partial charge in [-0.25, -0.2) is 0 Å². The highest BCUT2D eigenvalue weighted by molar-refractivity contribution is 5.88. The lowest BCUT2D eigenvalue weighted by Crippen LogP contribution is -2.51. The molecular weight excluding hydrogens is 408 g/mol. The molecule has 0 aliphatic carbocycles. The van der Waals surface area contributed by atoms with E-state index in [9.17, 15) is 9.59 Å². The molecule has 1 saturated heterocycles. The third-order valence-electron chi connectivity index (χ3n) is 5.98. The number of hydrogen-bond donors (Lipinski definition) is 0. The third-order valence-corrected chi connectivity index (χ3v) is 5.98. The predicted octanol–water partition coefficient (Wildman–Crippen LogP) is 3.30. The molecule has 0 spiro atoms. The molecule has 2 heterocycles. The normalized spacial score (nSPS) is 13.9. The average Bonchev–Trinajstić information content (AvgIpc) is 3.24. The first-order chi connectivity index (χ1) is 15.6. The number of carbonyl (C=O) groups is 2. The van der Waals surface area contributed by atoms with Crippen LogP contribution in [-0.4, -0.2) is 62.0 Å². The molecule has 0 bridgehead atoms. The molecule has 1 aromatic heterocycles. The lowest BCUT2D eigenvalue weighted by molar-refractivity contribution is -0.139. The topological polar surface area (TPSA) is 72.2 Å². The van der Waals surface area contributed by atoms with Crippen molar-refractivity contribution in [2.45, 2.75) is 19.3 Å². The number of amides is 2. The molecule has 4 rings (SSSR count). The van der Waals surface area contributed by atoms with Crippen molar-refractivity contribution in [1.82, 2.24) is 9.80 Å². The standard InChI is InChI=1S/C25H28N2O5/c1-30-20-6-3-18(4-7-20)5-10-24(28)26-11-13-27(14-12-26)25(29)15-19-17-32-23-16-21(31-2)8-9-22(19)23/h3-4,6-9,16-17H,5,10-15H2,1-2H3. The van der Waals surface area contributed by atoms with Crippen LogP contribution in [0.15, 0.2) is 53.1 Å². The summed E-state index contributed by atoms with van der Waals surface area (Å²) in [5, 5.41) is 0.923. The smallest absolute Gasteiger partial charge is 0.227 e. The summed E-state index contributed by atoms with van der Waals surface area (Å²) in [5.41, 5.74) is 2.68. The van der Waals surface area contributed by atoms with Crippen LogP contribution >= 0.6 is 0 Å². The molecule has 0 saturated carbocycles. The maximum Gasteiger partial charge on any atom is 0.227 e. The number of furan rings is 1. The minimum absolute atomic E-state index is 0.0499. The molecule has 168 valence electrons. The zero-order valence-electron chi connectivity index (χ0n) is 18.5. The van der Waals surface area contributed by atoms with Crippen LogP contribution in [0.5, 0.6) is 11.5 Å². The fraction of sp³-hybridized carbons (Fsp3) is 0.360. The van der Waals surface area contributed by atoms with Crippen molar-refractivity contribution in [3.05, 3.63) is 59.9 Å². The van der Waals surface area contributed by atoms with Crippen LogP contribution in [0.25, 0.3) is 11.0 Å². The first-order valence-corrected chi connectivity index (χ1v) is 10.8. The van der Waals surface area contributed by atoms with Crippen molar-refractivity contribution in [2.75, 3.05) is 40.4 Å². The van der Waals surface area contributed by atoms with E-state index in [1.165, 1.54) is 0 Å². The average molecular weight is 437 g/mol. The molecule has 7 heteroatoms. The Morgan fingerprint density at radius 2 is 1.50 bits per heavy atom. The molecule has 0 unspecified atom stereocenters. The summed E-state index contributed by atoms with van der Waals surface area (Å²) in [7, 11) is 3.25. The van der Waals surface area contributed by atoms with Gasteiger partial charge < -0.3 is 23.7 Å².